The fourth-order valence-corrected chi connectivity index (χ4v) is 2.03. The van der Waals surface area contributed by atoms with E-state index in [1.807, 2.05) is 6.07 Å². The third kappa shape index (κ3) is 4.17. The molecule has 2 aromatic carbocycles. The highest BCUT2D eigenvalue weighted by atomic mass is 16.6. The quantitative estimate of drug-likeness (QED) is 0.499. The fraction of sp³-hybridized carbons (Fsp3) is 0.118. The van der Waals surface area contributed by atoms with Crippen molar-refractivity contribution in [3.8, 4) is 17.5 Å². The van der Waals surface area contributed by atoms with E-state index in [4.69, 9.17) is 14.7 Å². The second-order valence-corrected chi connectivity index (χ2v) is 4.92. The molecule has 3 rings (SSSR count). The topological polar surface area (TPSA) is 103 Å². The maximum absolute atomic E-state index is 12.0. The molecule has 0 aliphatic carbocycles. The van der Waals surface area contributed by atoms with Gasteiger partial charge in [0.05, 0.1) is 22.9 Å². The minimum Gasteiger partial charge on any atom is -0.490 e. The lowest BCUT2D eigenvalue weighted by Gasteiger charge is -2.08. The molecule has 0 saturated carbocycles. The van der Waals surface area contributed by atoms with Crippen molar-refractivity contribution in [2.75, 3.05) is 13.2 Å². The van der Waals surface area contributed by atoms with Crippen LogP contribution in [0.2, 0.25) is 0 Å². The first-order chi connectivity index (χ1) is 12.3. The summed E-state index contributed by atoms with van der Waals surface area (Å²) in [4.78, 5) is 12.0. The van der Waals surface area contributed by atoms with E-state index in [-0.39, 0.29) is 13.2 Å². The molecule has 0 saturated heterocycles. The SMILES string of the molecule is N#Cc1ccc(OCCOC(=O)c2ccc(-n3cnnn3)cc2)cc1. The van der Waals surface area contributed by atoms with Crippen molar-refractivity contribution in [2.24, 2.45) is 0 Å². The highest BCUT2D eigenvalue weighted by molar-refractivity contribution is 5.89. The van der Waals surface area contributed by atoms with Crippen LogP contribution >= 0.6 is 0 Å². The van der Waals surface area contributed by atoms with Crippen LogP contribution in [0.4, 0.5) is 0 Å². The van der Waals surface area contributed by atoms with E-state index in [0.717, 1.165) is 5.69 Å². The third-order valence-corrected chi connectivity index (χ3v) is 3.29. The molecule has 0 bridgehead atoms. The van der Waals surface area contributed by atoms with Crippen molar-refractivity contribution in [3.63, 3.8) is 0 Å². The molecule has 0 N–H and O–H groups in total. The molecule has 8 heteroatoms. The number of esters is 1. The first-order valence-corrected chi connectivity index (χ1v) is 7.40. The maximum atomic E-state index is 12.0. The molecular weight excluding hydrogens is 322 g/mol. The van der Waals surface area contributed by atoms with E-state index in [1.165, 1.54) is 11.0 Å². The minimum atomic E-state index is -0.438. The Morgan fingerprint density at radius 2 is 1.84 bits per heavy atom. The number of carbonyl (C=O) groups is 1. The Morgan fingerprint density at radius 1 is 1.08 bits per heavy atom. The molecule has 0 fully saturated rings. The highest BCUT2D eigenvalue weighted by Gasteiger charge is 2.08. The van der Waals surface area contributed by atoms with E-state index in [1.54, 1.807) is 48.5 Å². The number of rotatable bonds is 6. The summed E-state index contributed by atoms with van der Waals surface area (Å²) in [6.07, 6.45) is 1.47. The Hall–Kier alpha value is -3.73. The van der Waals surface area contributed by atoms with Crippen molar-refractivity contribution < 1.29 is 14.3 Å². The van der Waals surface area contributed by atoms with Crippen LogP contribution in [0.15, 0.2) is 54.9 Å². The third-order valence-electron chi connectivity index (χ3n) is 3.29. The lowest BCUT2D eigenvalue weighted by atomic mass is 10.2. The van der Waals surface area contributed by atoms with Crippen LogP contribution in [0.25, 0.3) is 5.69 Å². The highest BCUT2D eigenvalue weighted by Crippen LogP contribution is 2.12. The summed E-state index contributed by atoms with van der Waals surface area (Å²) in [7, 11) is 0. The number of ether oxygens (including phenoxy) is 2. The Kier molecular flexibility index (Phi) is 4.97. The summed E-state index contributed by atoms with van der Waals surface area (Å²) in [6, 6.07) is 15.5. The van der Waals surface area contributed by atoms with Gasteiger partial charge in [0.1, 0.15) is 25.3 Å². The standard InChI is InChI=1S/C17H13N5O3/c18-11-13-1-7-16(8-2-13)24-9-10-25-17(23)14-3-5-15(6-4-14)22-12-19-20-21-22/h1-8,12H,9-10H2. The molecule has 0 aliphatic rings. The smallest absolute Gasteiger partial charge is 0.338 e. The second kappa shape index (κ2) is 7.70. The zero-order valence-corrected chi connectivity index (χ0v) is 13.1. The number of aromatic nitrogens is 4. The zero-order chi connectivity index (χ0) is 17.5. The first kappa shape index (κ1) is 16.1. The van der Waals surface area contributed by atoms with Crippen molar-refractivity contribution in [1.29, 1.82) is 5.26 Å². The summed E-state index contributed by atoms with van der Waals surface area (Å²) in [5, 5.41) is 19.6. The number of benzene rings is 2. The average molecular weight is 335 g/mol. The van der Waals surface area contributed by atoms with E-state index in [2.05, 4.69) is 15.5 Å². The number of carbonyl (C=O) groups excluding carboxylic acids is 1. The summed E-state index contributed by atoms with van der Waals surface area (Å²) >= 11 is 0. The van der Waals surface area contributed by atoms with Gasteiger partial charge in [-0.25, -0.2) is 9.48 Å². The van der Waals surface area contributed by atoms with Gasteiger partial charge in [0.15, 0.2) is 0 Å². The summed E-state index contributed by atoms with van der Waals surface area (Å²) in [5.74, 6) is 0.174. The van der Waals surface area contributed by atoms with Crippen molar-refractivity contribution >= 4 is 5.97 Å². The lowest BCUT2D eigenvalue weighted by molar-refractivity contribution is 0.0450. The van der Waals surface area contributed by atoms with Gasteiger partial charge in [-0.1, -0.05) is 0 Å². The molecule has 0 spiro atoms. The Bertz CT molecular complexity index is 868. The largest absolute Gasteiger partial charge is 0.490 e. The minimum absolute atomic E-state index is 0.119. The van der Waals surface area contributed by atoms with Crippen LogP contribution in [0, 0.1) is 11.3 Å². The van der Waals surface area contributed by atoms with Crippen molar-refractivity contribution in [2.45, 2.75) is 0 Å². The Labute approximate surface area is 143 Å². The van der Waals surface area contributed by atoms with Gasteiger partial charge >= 0.3 is 5.97 Å². The van der Waals surface area contributed by atoms with Crippen LogP contribution < -0.4 is 4.74 Å². The molecule has 25 heavy (non-hydrogen) atoms. The van der Waals surface area contributed by atoms with E-state index < -0.39 is 5.97 Å². The van der Waals surface area contributed by atoms with Crippen molar-refractivity contribution in [3.05, 3.63) is 66.0 Å². The molecule has 0 atom stereocenters. The molecule has 1 aromatic heterocycles. The van der Waals surface area contributed by atoms with Crippen LogP contribution in [-0.4, -0.2) is 39.4 Å². The molecule has 3 aromatic rings. The maximum Gasteiger partial charge on any atom is 0.338 e. The van der Waals surface area contributed by atoms with E-state index >= 15 is 0 Å². The average Bonchev–Trinajstić information content (AvgIpc) is 3.20. The summed E-state index contributed by atoms with van der Waals surface area (Å²) in [6.45, 7) is 0.341. The van der Waals surface area contributed by atoms with Gasteiger partial charge < -0.3 is 9.47 Å². The molecule has 0 aliphatic heterocycles. The number of hydrogen-bond acceptors (Lipinski definition) is 7. The van der Waals surface area contributed by atoms with Gasteiger partial charge in [-0.3, -0.25) is 0 Å². The second-order valence-electron chi connectivity index (χ2n) is 4.92. The molecule has 8 nitrogen and oxygen atoms in total. The lowest BCUT2D eigenvalue weighted by Crippen LogP contribution is -2.12. The van der Waals surface area contributed by atoms with Crippen molar-refractivity contribution in [1.82, 2.24) is 20.2 Å². The van der Waals surface area contributed by atoms with Gasteiger partial charge in [-0.05, 0) is 59.0 Å². The molecule has 1 heterocycles. The molecule has 124 valence electrons. The predicted octanol–water partition coefficient (Wildman–Crippen LogP) is 1.77. The predicted molar refractivity (Wildman–Crippen MR) is 86.1 cm³/mol. The Balaban J connectivity index is 1.46. The number of tetrazole rings is 1. The van der Waals surface area contributed by atoms with Gasteiger partial charge in [-0.15, -0.1) is 5.10 Å². The Morgan fingerprint density at radius 3 is 2.48 bits per heavy atom. The molecule has 0 radical (unpaired) electrons. The van der Waals surface area contributed by atoms with E-state index in [0.29, 0.717) is 16.9 Å². The monoisotopic (exact) mass is 335 g/mol. The summed E-state index contributed by atoms with van der Waals surface area (Å²) in [5.41, 5.74) is 1.73. The van der Waals surface area contributed by atoms with E-state index in [9.17, 15) is 4.79 Å². The van der Waals surface area contributed by atoms with Crippen LogP contribution in [0.1, 0.15) is 15.9 Å². The molecular formula is C17H13N5O3. The zero-order valence-electron chi connectivity index (χ0n) is 13.1. The van der Waals surface area contributed by atoms with Crippen LogP contribution in [0.5, 0.6) is 5.75 Å². The first-order valence-electron chi connectivity index (χ1n) is 7.40. The number of hydrogen-bond donors (Lipinski definition) is 0. The van der Waals surface area contributed by atoms with Gasteiger partial charge in [0, 0.05) is 0 Å². The normalized spacial score (nSPS) is 10.0. The van der Waals surface area contributed by atoms with Gasteiger partial charge in [-0.2, -0.15) is 5.26 Å². The van der Waals surface area contributed by atoms with Gasteiger partial charge in [0.2, 0.25) is 0 Å². The van der Waals surface area contributed by atoms with Crippen LogP contribution in [-0.2, 0) is 4.74 Å². The summed E-state index contributed by atoms with van der Waals surface area (Å²) < 4.78 is 12.1. The molecule has 0 amide bonds. The van der Waals surface area contributed by atoms with Crippen LogP contribution in [0.3, 0.4) is 0 Å². The molecule has 0 unspecified atom stereocenters. The fourth-order valence-electron chi connectivity index (χ4n) is 2.03. The number of nitrogens with zero attached hydrogens (tertiary/aromatic N) is 5. The number of nitriles is 1. The van der Waals surface area contributed by atoms with Gasteiger partial charge in [0.25, 0.3) is 0 Å².